The number of carbonyl (C=O) groups is 1. The number of ether oxygens (including phenoxy) is 1. The molecule has 94 valence electrons. The summed E-state index contributed by atoms with van der Waals surface area (Å²) in [6.07, 6.45) is 3.10. The van der Waals surface area contributed by atoms with Crippen molar-refractivity contribution in [3.05, 3.63) is 22.9 Å². The van der Waals surface area contributed by atoms with Gasteiger partial charge in [-0.05, 0) is 31.9 Å². The zero-order chi connectivity index (χ0) is 12.8. The second-order valence-corrected chi connectivity index (χ2v) is 4.12. The van der Waals surface area contributed by atoms with Gasteiger partial charge >= 0.3 is 5.97 Å². The SMILES string of the molecule is CCCCCOc1nc(C)cc(C)c1C(=O)O. The number of nitrogens with zero attached hydrogens (tertiary/aromatic N) is 1. The van der Waals surface area contributed by atoms with Crippen LogP contribution in [0.3, 0.4) is 0 Å². The molecule has 0 aliphatic carbocycles. The third kappa shape index (κ3) is 3.73. The minimum Gasteiger partial charge on any atom is -0.477 e. The molecule has 1 aromatic heterocycles. The normalized spacial score (nSPS) is 10.3. The summed E-state index contributed by atoms with van der Waals surface area (Å²) in [5, 5.41) is 9.12. The van der Waals surface area contributed by atoms with E-state index in [0.29, 0.717) is 12.2 Å². The first-order valence-corrected chi connectivity index (χ1v) is 5.90. The number of rotatable bonds is 6. The van der Waals surface area contributed by atoms with E-state index in [9.17, 15) is 4.79 Å². The van der Waals surface area contributed by atoms with Crippen LogP contribution in [0.1, 0.15) is 47.8 Å². The lowest BCUT2D eigenvalue weighted by molar-refractivity contribution is 0.0690. The Morgan fingerprint density at radius 1 is 1.41 bits per heavy atom. The lowest BCUT2D eigenvalue weighted by Gasteiger charge is -2.10. The quantitative estimate of drug-likeness (QED) is 0.773. The molecule has 0 fully saturated rings. The second kappa shape index (κ2) is 6.23. The van der Waals surface area contributed by atoms with Crippen molar-refractivity contribution in [2.24, 2.45) is 0 Å². The van der Waals surface area contributed by atoms with Crippen LogP contribution in [0.4, 0.5) is 0 Å². The smallest absolute Gasteiger partial charge is 0.341 e. The fourth-order valence-electron chi connectivity index (χ4n) is 1.69. The van der Waals surface area contributed by atoms with Crippen LogP contribution in [0.5, 0.6) is 5.88 Å². The van der Waals surface area contributed by atoms with E-state index >= 15 is 0 Å². The van der Waals surface area contributed by atoms with E-state index in [-0.39, 0.29) is 11.4 Å². The maximum atomic E-state index is 11.1. The van der Waals surface area contributed by atoms with E-state index in [0.717, 1.165) is 25.0 Å². The van der Waals surface area contributed by atoms with Crippen LogP contribution in [0.25, 0.3) is 0 Å². The number of aryl methyl sites for hydroxylation is 2. The molecule has 0 aliphatic heterocycles. The number of carboxylic acids is 1. The summed E-state index contributed by atoms with van der Waals surface area (Å²) in [4.78, 5) is 15.3. The van der Waals surface area contributed by atoms with Crippen LogP contribution in [0.2, 0.25) is 0 Å². The van der Waals surface area contributed by atoms with Crippen LogP contribution < -0.4 is 4.74 Å². The van der Waals surface area contributed by atoms with Crippen molar-refractivity contribution in [3.8, 4) is 5.88 Å². The molecular weight excluding hydrogens is 218 g/mol. The Hall–Kier alpha value is -1.58. The van der Waals surface area contributed by atoms with Gasteiger partial charge < -0.3 is 9.84 Å². The Morgan fingerprint density at radius 3 is 2.71 bits per heavy atom. The average Bonchev–Trinajstić information content (AvgIpc) is 2.22. The first kappa shape index (κ1) is 13.5. The predicted octanol–water partition coefficient (Wildman–Crippen LogP) is 2.97. The summed E-state index contributed by atoms with van der Waals surface area (Å²) in [5.41, 5.74) is 1.64. The van der Waals surface area contributed by atoms with Crippen molar-refractivity contribution in [2.75, 3.05) is 6.61 Å². The van der Waals surface area contributed by atoms with Gasteiger partial charge in [0.2, 0.25) is 5.88 Å². The van der Waals surface area contributed by atoms with Crippen LogP contribution in [-0.4, -0.2) is 22.7 Å². The Kier molecular flexibility index (Phi) is 4.94. The second-order valence-electron chi connectivity index (χ2n) is 4.12. The van der Waals surface area contributed by atoms with Crippen molar-refractivity contribution < 1.29 is 14.6 Å². The molecule has 1 aromatic rings. The maximum absolute atomic E-state index is 11.1. The summed E-state index contributed by atoms with van der Waals surface area (Å²) < 4.78 is 5.47. The molecule has 17 heavy (non-hydrogen) atoms. The molecule has 0 saturated carbocycles. The van der Waals surface area contributed by atoms with E-state index < -0.39 is 5.97 Å². The molecule has 0 aromatic carbocycles. The molecule has 0 spiro atoms. The van der Waals surface area contributed by atoms with Crippen molar-refractivity contribution >= 4 is 5.97 Å². The number of pyridine rings is 1. The first-order chi connectivity index (χ1) is 8.06. The molecule has 0 atom stereocenters. The Bertz CT molecular complexity index is 402. The van der Waals surface area contributed by atoms with Gasteiger partial charge in [-0.25, -0.2) is 9.78 Å². The fraction of sp³-hybridized carbons (Fsp3) is 0.538. The number of unbranched alkanes of at least 4 members (excludes halogenated alkanes) is 2. The summed E-state index contributed by atoms with van der Waals surface area (Å²) in [6.45, 7) is 6.22. The van der Waals surface area contributed by atoms with Crippen LogP contribution in [0, 0.1) is 13.8 Å². The molecule has 4 heteroatoms. The third-order valence-electron chi connectivity index (χ3n) is 2.51. The molecule has 0 aliphatic rings. The molecule has 0 unspecified atom stereocenters. The van der Waals surface area contributed by atoms with E-state index in [2.05, 4.69) is 11.9 Å². The van der Waals surface area contributed by atoms with Crippen LogP contribution in [0.15, 0.2) is 6.07 Å². The van der Waals surface area contributed by atoms with Crippen molar-refractivity contribution in [1.82, 2.24) is 4.98 Å². The van der Waals surface area contributed by atoms with Gasteiger partial charge in [-0.1, -0.05) is 19.8 Å². The number of hydrogen-bond acceptors (Lipinski definition) is 3. The first-order valence-electron chi connectivity index (χ1n) is 5.90. The highest BCUT2D eigenvalue weighted by molar-refractivity contribution is 5.91. The zero-order valence-electron chi connectivity index (χ0n) is 10.6. The number of hydrogen-bond donors (Lipinski definition) is 1. The highest BCUT2D eigenvalue weighted by atomic mass is 16.5. The van der Waals surface area contributed by atoms with E-state index in [1.165, 1.54) is 0 Å². The van der Waals surface area contributed by atoms with Gasteiger partial charge in [0.1, 0.15) is 5.56 Å². The van der Waals surface area contributed by atoms with Gasteiger partial charge in [0.05, 0.1) is 6.61 Å². The van der Waals surface area contributed by atoms with Gasteiger partial charge in [0.15, 0.2) is 0 Å². The fourth-order valence-corrected chi connectivity index (χ4v) is 1.69. The Morgan fingerprint density at radius 2 is 2.12 bits per heavy atom. The lowest BCUT2D eigenvalue weighted by Crippen LogP contribution is -2.09. The van der Waals surface area contributed by atoms with Gasteiger partial charge in [-0.2, -0.15) is 0 Å². The molecule has 0 radical (unpaired) electrons. The van der Waals surface area contributed by atoms with Crippen molar-refractivity contribution in [3.63, 3.8) is 0 Å². The Labute approximate surface area is 102 Å². The molecule has 0 bridgehead atoms. The Balaban J connectivity index is 2.85. The number of aromatic carboxylic acids is 1. The van der Waals surface area contributed by atoms with Crippen LogP contribution in [-0.2, 0) is 0 Å². The molecule has 0 saturated heterocycles. The maximum Gasteiger partial charge on any atom is 0.341 e. The van der Waals surface area contributed by atoms with Gasteiger partial charge in [0, 0.05) is 5.69 Å². The monoisotopic (exact) mass is 237 g/mol. The minimum absolute atomic E-state index is 0.173. The number of aromatic nitrogens is 1. The third-order valence-corrected chi connectivity index (χ3v) is 2.51. The van der Waals surface area contributed by atoms with Crippen LogP contribution >= 0.6 is 0 Å². The van der Waals surface area contributed by atoms with Crippen molar-refractivity contribution in [2.45, 2.75) is 40.0 Å². The lowest BCUT2D eigenvalue weighted by atomic mass is 10.1. The van der Waals surface area contributed by atoms with E-state index in [4.69, 9.17) is 9.84 Å². The summed E-state index contributed by atoms with van der Waals surface area (Å²) in [5.74, 6) is -0.744. The van der Waals surface area contributed by atoms with E-state index in [1.807, 2.05) is 6.92 Å². The summed E-state index contributed by atoms with van der Waals surface area (Å²) in [7, 11) is 0. The topological polar surface area (TPSA) is 59.4 Å². The summed E-state index contributed by atoms with van der Waals surface area (Å²) in [6, 6.07) is 1.75. The van der Waals surface area contributed by atoms with Gasteiger partial charge in [-0.3, -0.25) is 0 Å². The molecule has 1 N–H and O–H groups in total. The van der Waals surface area contributed by atoms with Gasteiger partial charge in [-0.15, -0.1) is 0 Å². The average molecular weight is 237 g/mol. The standard InChI is InChI=1S/C13H19NO3/c1-4-5-6-7-17-12-11(13(15)16)9(2)8-10(3)14-12/h8H,4-7H2,1-3H3,(H,15,16). The molecular formula is C13H19NO3. The highest BCUT2D eigenvalue weighted by Crippen LogP contribution is 2.21. The van der Waals surface area contributed by atoms with Crippen molar-refractivity contribution in [1.29, 1.82) is 0 Å². The largest absolute Gasteiger partial charge is 0.477 e. The molecule has 1 rings (SSSR count). The van der Waals surface area contributed by atoms with E-state index in [1.54, 1.807) is 13.0 Å². The summed E-state index contributed by atoms with van der Waals surface area (Å²) >= 11 is 0. The number of carboxylic acid groups (broad SMARTS) is 1. The molecule has 1 heterocycles. The zero-order valence-corrected chi connectivity index (χ0v) is 10.6. The highest BCUT2D eigenvalue weighted by Gasteiger charge is 2.16. The van der Waals surface area contributed by atoms with Gasteiger partial charge in [0.25, 0.3) is 0 Å². The minimum atomic E-state index is -0.986. The molecule has 4 nitrogen and oxygen atoms in total. The predicted molar refractivity (Wildman–Crippen MR) is 65.7 cm³/mol. The molecule has 0 amide bonds.